The van der Waals surface area contributed by atoms with Gasteiger partial charge in [0.1, 0.15) is 23.4 Å². The Morgan fingerprint density at radius 2 is 1.83 bits per heavy atom. The van der Waals surface area contributed by atoms with E-state index < -0.39 is 28.8 Å². The second kappa shape index (κ2) is 9.80. The molecule has 0 spiro atoms. The summed E-state index contributed by atoms with van der Waals surface area (Å²) in [5.41, 5.74) is 1.94. The molecule has 0 fully saturated rings. The molecule has 0 radical (unpaired) electrons. The Balaban J connectivity index is 1.65. The van der Waals surface area contributed by atoms with E-state index in [0.717, 1.165) is 0 Å². The number of hydrogen-bond acceptors (Lipinski definition) is 8. The van der Waals surface area contributed by atoms with Gasteiger partial charge in [0, 0.05) is 0 Å². The number of rotatable bonds is 6. The standard InChI is InChI=1S/C22H19F3N8O2S/c1-13(14-2-7-17(8-3-14)36(26,34)35)30-21-32-18-9-6-15(4-5-16-10-27-12-29-16)31-19(18)20(33-21)28-11-22(23,24)25/h2-3,6-10,12-13H,11H2,1H3,(H,27,29)(H2,26,34,35)(H2,28,30,32,33)/t13-/m1/s1. The molecule has 4 rings (SSSR count). The number of aromatic amines is 1. The second-order valence-corrected chi connectivity index (χ2v) is 9.19. The molecule has 1 atom stereocenters. The molecule has 0 unspecified atom stereocenters. The quantitative estimate of drug-likeness (QED) is 0.286. The maximum atomic E-state index is 12.9. The zero-order valence-electron chi connectivity index (χ0n) is 18.6. The summed E-state index contributed by atoms with van der Waals surface area (Å²) in [6.45, 7) is 0.434. The Bertz CT molecular complexity index is 1540. The van der Waals surface area contributed by atoms with Crippen LogP contribution in [0.15, 0.2) is 53.8 Å². The molecular formula is C22H19F3N8O2S. The number of primary sulfonamides is 1. The number of fused-ring (bicyclic) bond motifs is 1. The lowest BCUT2D eigenvalue weighted by atomic mass is 10.1. The van der Waals surface area contributed by atoms with Crippen molar-refractivity contribution in [3.63, 3.8) is 0 Å². The summed E-state index contributed by atoms with van der Waals surface area (Å²) in [5.74, 6) is 5.56. The van der Waals surface area contributed by atoms with Crippen molar-refractivity contribution in [3.8, 4) is 11.8 Å². The van der Waals surface area contributed by atoms with Gasteiger partial charge in [-0.3, -0.25) is 0 Å². The van der Waals surface area contributed by atoms with Crippen LogP contribution < -0.4 is 15.8 Å². The first-order valence-electron chi connectivity index (χ1n) is 10.4. The third-order valence-electron chi connectivity index (χ3n) is 4.88. The summed E-state index contributed by atoms with van der Waals surface area (Å²) in [6, 6.07) is 8.59. The van der Waals surface area contributed by atoms with Gasteiger partial charge in [0.15, 0.2) is 5.82 Å². The van der Waals surface area contributed by atoms with Crippen molar-refractivity contribution in [1.29, 1.82) is 0 Å². The zero-order valence-corrected chi connectivity index (χ0v) is 19.4. The summed E-state index contributed by atoms with van der Waals surface area (Å²) in [7, 11) is -3.84. The van der Waals surface area contributed by atoms with E-state index in [-0.39, 0.29) is 22.2 Å². The van der Waals surface area contributed by atoms with Gasteiger partial charge in [-0.25, -0.2) is 28.5 Å². The molecule has 0 bridgehead atoms. The van der Waals surface area contributed by atoms with Crippen LogP contribution >= 0.6 is 0 Å². The van der Waals surface area contributed by atoms with Crippen molar-refractivity contribution in [1.82, 2.24) is 24.9 Å². The molecule has 0 aliphatic carbocycles. The van der Waals surface area contributed by atoms with E-state index >= 15 is 0 Å². The minimum atomic E-state index is -4.48. The van der Waals surface area contributed by atoms with E-state index in [9.17, 15) is 21.6 Å². The van der Waals surface area contributed by atoms with Gasteiger partial charge in [0.2, 0.25) is 16.0 Å². The van der Waals surface area contributed by atoms with Crippen molar-refractivity contribution >= 4 is 32.8 Å². The van der Waals surface area contributed by atoms with Crippen LogP contribution in [0, 0.1) is 11.8 Å². The van der Waals surface area contributed by atoms with Crippen LogP contribution in [0.25, 0.3) is 11.0 Å². The maximum Gasteiger partial charge on any atom is 0.405 e. The smallest absolute Gasteiger partial charge is 0.359 e. The monoisotopic (exact) mass is 516 g/mol. The second-order valence-electron chi connectivity index (χ2n) is 7.62. The highest BCUT2D eigenvalue weighted by Crippen LogP contribution is 2.25. The first-order chi connectivity index (χ1) is 17.0. The SMILES string of the molecule is C[C@@H](Nc1nc(NCC(F)(F)F)c2nc(C#Cc3cnc[nH]3)ccc2n1)c1ccc(S(N)(=O)=O)cc1. The number of halogens is 3. The molecule has 5 N–H and O–H groups in total. The summed E-state index contributed by atoms with van der Waals surface area (Å²) in [4.78, 5) is 19.5. The van der Waals surface area contributed by atoms with Crippen LogP contribution in [0.3, 0.4) is 0 Å². The lowest BCUT2D eigenvalue weighted by Crippen LogP contribution is -2.22. The van der Waals surface area contributed by atoms with Crippen molar-refractivity contribution < 1.29 is 21.6 Å². The molecule has 3 aromatic heterocycles. The van der Waals surface area contributed by atoms with Gasteiger partial charge >= 0.3 is 6.18 Å². The number of pyridine rings is 1. The van der Waals surface area contributed by atoms with Crippen LogP contribution in [0.4, 0.5) is 24.9 Å². The number of hydrogen-bond donors (Lipinski definition) is 4. The molecule has 0 amide bonds. The topological polar surface area (TPSA) is 152 Å². The first kappa shape index (κ1) is 24.9. The van der Waals surface area contributed by atoms with Gasteiger partial charge in [-0.05, 0) is 48.6 Å². The van der Waals surface area contributed by atoms with E-state index in [4.69, 9.17) is 5.14 Å². The minimum absolute atomic E-state index is 0.0449. The minimum Gasteiger partial charge on any atom is -0.359 e. The lowest BCUT2D eigenvalue weighted by Gasteiger charge is -2.17. The molecule has 10 nitrogen and oxygen atoms in total. The summed E-state index contributed by atoms with van der Waals surface area (Å²) in [6.07, 6.45) is -1.49. The predicted molar refractivity (Wildman–Crippen MR) is 126 cm³/mol. The Morgan fingerprint density at radius 3 is 2.47 bits per heavy atom. The summed E-state index contributed by atoms with van der Waals surface area (Å²) < 4.78 is 61.7. The van der Waals surface area contributed by atoms with Crippen LogP contribution in [0.1, 0.15) is 29.9 Å². The molecule has 0 saturated heterocycles. The number of benzene rings is 1. The molecule has 0 aliphatic heterocycles. The largest absolute Gasteiger partial charge is 0.405 e. The average molecular weight is 517 g/mol. The predicted octanol–water partition coefficient (Wildman–Crippen LogP) is 2.94. The molecule has 4 aromatic rings. The fraction of sp³-hybridized carbons (Fsp3) is 0.182. The zero-order chi connectivity index (χ0) is 25.9. The summed E-state index contributed by atoms with van der Waals surface area (Å²) in [5, 5.41) is 10.4. The number of anilines is 2. The van der Waals surface area contributed by atoms with E-state index in [1.165, 1.54) is 24.7 Å². The molecule has 14 heteroatoms. The normalized spacial score (nSPS) is 12.6. The third kappa shape index (κ3) is 6.26. The van der Waals surface area contributed by atoms with Gasteiger partial charge < -0.3 is 15.6 Å². The van der Waals surface area contributed by atoms with Gasteiger partial charge in [-0.15, -0.1) is 0 Å². The van der Waals surface area contributed by atoms with E-state index in [1.54, 1.807) is 31.2 Å². The highest BCUT2D eigenvalue weighted by atomic mass is 32.2. The Labute approximate surface area is 203 Å². The number of imidazole rings is 1. The number of aromatic nitrogens is 5. The van der Waals surface area contributed by atoms with Crippen molar-refractivity contribution in [2.24, 2.45) is 5.14 Å². The number of H-pyrrole nitrogens is 1. The van der Waals surface area contributed by atoms with Crippen LogP contribution in [0.2, 0.25) is 0 Å². The lowest BCUT2D eigenvalue weighted by molar-refractivity contribution is -0.115. The van der Waals surface area contributed by atoms with Gasteiger partial charge in [-0.1, -0.05) is 12.1 Å². The van der Waals surface area contributed by atoms with E-state index in [1.807, 2.05) is 0 Å². The molecule has 3 heterocycles. The molecule has 0 aliphatic rings. The van der Waals surface area contributed by atoms with Crippen LogP contribution in [-0.4, -0.2) is 46.1 Å². The Morgan fingerprint density at radius 1 is 1.08 bits per heavy atom. The first-order valence-corrected chi connectivity index (χ1v) is 11.9. The Hall–Kier alpha value is -4.22. The van der Waals surface area contributed by atoms with Crippen LogP contribution in [-0.2, 0) is 10.0 Å². The fourth-order valence-electron chi connectivity index (χ4n) is 3.13. The molecular weight excluding hydrogens is 497 g/mol. The van der Waals surface area contributed by atoms with Crippen molar-refractivity contribution in [2.45, 2.75) is 24.0 Å². The van der Waals surface area contributed by atoms with E-state index in [0.29, 0.717) is 22.5 Å². The number of nitrogens with zero attached hydrogens (tertiary/aromatic N) is 4. The van der Waals surface area contributed by atoms with Crippen LogP contribution in [0.5, 0.6) is 0 Å². The molecule has 36 heavy (non-hydrogen) atoms. The Kier molecular flexibility index (Phi) is 6.77. The number of nitrogens with one attached hydrogen (secondary N) is 3. The maximum absolute atomic E-state index is 12.9. The summed E-state index contributed by atoms with van der Waals surface area (Å²) >= 11 is 0. The third-order valence-corrected chi connectivity index (χ3v) is 5.81. The van der Waals surface area contributed by atoms with E-state index in [2.05, 4.69) is 47.4 Å². The molecule has 186 valence electrons. The van der Waals surface area contributed by atoms with Gasteiger partial charge in [0.05, 0.1) is 29.0 Å². The van der Waals surface area contributed by atoms with Gasteiger partial charge in [-0.2, -0.15) is 18.2 Å². The molecule has 1 aromatic carbocycles. The number of sulfonamides is 1. The van der Waals surface area contributed by atoms with Crippen molar-refractivity contribution in [2.75, 3.05) is 17.2 Å². The number of nitrogens with two attached hydrogens (primary N) is 1. The molecule has 0 saturated carbocycles. The van der Waals surface area contributed by atoms with Gasteiger partial charge in [0.25, 0.3) is 0 Å². The van der Waals surface area contributed by atoms with Crippen molar-refractivity contribution in [3.05, 3.63) is 65.9 Å². The number of alkyl halides is 3. The highest BCUT2D eigenvalue weighted by molar-refractivity contribution is 7.89. The fourth-order valence-corrected chi connectivity index (χ4v) is 3.65. The highest BCUT2D eigenvalue weighted by Gasteiger charge is 2.27. The average Bonchev–Trinajstić information content (AvgIpc) is 3.34.